The molecule has 2 nitrogen and oxygen atoms in total. The first-order chi connectivity index (χ1) is 9.76. The predicted molar refractivity (Wildman–Crippen MR) is 90.6 cm³/mol. The van der Waals surface area contributed by atoms with Crippen LogP contribution in [-0.2, 0) is 6.42 Å². The number of nitrogens with zero attached hydrogens (tertiary/aromatic N) is 1. The van der Waals surface area contributed by atoms with Gasteiger partial charge in [-0.1, -0.05) is 44.5 Å². The van der Waals surface area contributed by atoms with E-state index in [9.17, 15) is 0 Å². The van der Waals surface area contributed by atoms with Crippen LogP contribution in [-0.4, -0.2) is 42.6 Å². The number of rotatable bonds is 6. The minimum absolute atomic E-state index is 0.452. The Morgan fingerprint density at radius 1 is 1.30 bits per heavy atom. The highest BCUT2D eigenvalue weighted by Gasteiger charge is 2.28. The number of hydrogen-bond acceptors (Lipinski definition) is 3. The van der Waals surface area contributed by atoms with Crippen LogP contribution in [0.1, 0.15) is 37.4 Å². The molecule has 0 aliphatic carbocycles. The van der Waals surface area contributed by atoms with E-state index in [-0.39, 0.29) is 0 Å². The average molecular weight is 292 g/mol. The Labute approximate surface area is 128 Å². The van der Waals surface area contributed by atoms with Gasteiger partial charge in [0, 0.05) is 30.1 Å². The molecule has 1 aromatic rings. The summed E-state index contributed by atoms with van der Waals surface area (Å²) in [6.07, 6.45) is 2.41. The van der Waals surface area contributed by atoms with Crippen molar-refractivity contribution in [2.75, 3.05) is 31.6 Å². The van der Waals surface area contributed by atoms with E-state index in [0.29, 0.717) is 12.1 Å². The monoisotopic (exact) mass is 292 g/mol. The molecule has 1 saturated heterocycles. The lowest BCUT2D eigenvalue weighted by Gasteiger charge is -2.38. The zero-order valence-corrected chi connectivity index (χ0v) is 13.9. The van der Waals surface area contributed by atoms with Crippen molar-refractivity contribution in [3.63, 3.8) is 0 Å². The lowest BCUT2D eigenvalue weighted by Crippen LogP contribution is -2.47. The minimum Gasteiger partial charge on any atom is -0.309 e. The van der Waals surface area contributed by atoms with E-state index < -0.39 is 0 Å². The number of aryl methyl sites for hydroxylation is 1. The molecule has 1 aliphatic heterocycles. The average Bonchev–Trinajstić information content (AvgIpc) is 2.47. The van der Waals surface area contributed by atoms with Crippen molar-refractivity contribution >= 4 is 11.8 Å². The molecule has 2 unspecified atom stereocenters. The molecule has 2 atom stereocenters. The van der Waals surface area contributed by atoms with Gasteiger partial charge in [0.2, 0.25) is 0 Å². The first kappa shape index (κ1) is 15.9. The van der Waals surface area contributed by atoms with Crippen molar-refractivity contribution < 1.29 is 0 Å². The fourth-order valence-corrected chi connectivity index (χ4v) is 4.20. The quantitative estimate of drug-likeness (QED) is 0.866. The Morgan fingerprint density at radius 3 is 2.65 bits per heavy atom. The van der Waals surface area contributed by atoms with Crippen LogP contribution >= 0.6 is 11.8 Å². The number of hydrogen-bond donors (Lipinski definition) is 1. The Kier molecular flexibility index (Phi) is 6.40. The van der Waals surface area contributed by atoms with Crippen molar-refractivity contribution in [3.8, 4) is 0 Å². The molecule has 1 N–H and O–H groups in total. The van der Waals surface area contributed by atoms with Gasteiger partial charge in [0.15, 0.2) is 0 Å². The minimum atomic E-state index is 0.452. The van der Waals surface area contributed by atoms with Crippen molar-refractivity contribution in [3.05, 3.63) is 35.4 Å². The van der Waals surface area contributed by atoms with Gasteiger partial charge >= 0.3 is 0 Å². The summed E-state index contributed by atoms with van der Waals surface area (Å²) in [5, 5.41) is 3.70. The first-order valence-corrected chi connectivity index (χ1v) is 9.02. The molecule has 1 heterocycles. The molecule has 0 aromatic heterocycles. The van der Waals surface area contributed by atoms with Gasteiger partial charge in [-0.25, -0.2) is 0 Å². The lowest BCUT2D eigenvalue weighted by molar-refractivity contribution is 0.217. The molecule has 0 saturated carbocycles. The van der Waals surface area contributed by atoms with Crippen LogP contribution in [0, 0.1) is 0 Å². The molecule has 3 heteroatoms. The Bertz CT molecular complexity index is 390. The summed E-state index contributed by atoms with van der Waals surface area (Å²) in [5.74, 6) is 2.49. The van der Waals surface area contributed by atoms with Crippen LogP contribution in [0.25, 0.3) is 0 Å². The van der Waals surface area contributed by atoms with E-state index in [1.807, 2.05) is 0 Å². The maximum absolute atomic E-state index is 3.70. The van der Waals surface area contributed by atoms with Gasteiger partial charge in [-0.2, -0.15) is 11.8 Å². The lowest BCUT2D eigenvalue weighted by atomic mass is 9.97. The number of nitrogens with one attached hydrogen (secondary N) is 1. The van der Waals surface area contributed by atoms with Gasteiger partial charge in [-0.3, -0.25) is 4.90 Å². The van der Waals surface area contributed by atoms with E-state index in [1.165, 1.54) is 42.0 Å². The van der Waals surface area contributed by atoms with Crippen LogP contribution in [0.4, 0.5) is 0 Å². The summed E-state index contributed by atoms with van der Waals surface area (Å²) in [7, 11) is 2.26. The normalized spacial score (nSPS) is 21.9. The molecule has 1 aliphatic rings. The van der Waals surface area contributed by atoms with Gasteiger partial charge in [0.1, 0.15) is 0 Å². The second-order valence-electron chi connectivity index (χ2n) is 5.65. The molecule has 0 spiro atoms. The fraction of sp³-hybridized carbons (Fsp3) is 0.647. The number of likely N-dealkylation sites (N-methyl/N-ethyl adjacent to an activating group) is 2. The van der Waals surface area contributed by atoms with Gasteiger partial charge in [0.05, 0.1) is 0 Å². The zero-order chi connectivity index (χ0) is 14.4. The van der Waals surface area contributed by atoms with Crippen LogP contribution in [0.3, 0.4) is 0 Å². The highest BCUT2D eigenvalue weighted by atomic mass is 32.2. The van der Waals surface area contributed by atoms with Crippen molar-refractivity contribution in [1.29, 1.82) is 0 Å². The highest BCUT2D eigenvalue weighted by Crippen LogP contribution is 2.27. The molecular formula is C17H28N2S. The summed E-state index contributed by atoms with van der Waals surface area (Å²) in [4.78, 5) is 2.52. The Hall–Kier alpha value is -0.510. The van der Waals surface area contributed by atoms with Crippen molar-refractivity contribution in [2.24, 2.45) is 0 Å². The molecule has 112 valence electrons. The topological polar surface area (TPSA) is 15.3 Å². The molecule has 2 rings (SSSR count). The summed E-state index contributed by atoms with van der Waals surface area (Å²) in [6.45, 7) is 6.67. The van der Waals surface area contributed by atoms with Gasteiger partial charge in [0.25, 0.3) is 0 Å². The third-order valence-corrected chi connectivity index (χ3v) is 5.18. The summed E-state index contributed by atoms with van der Waals surface area (Å²) in [5.41, 5.74) is 2.89. The number of benzene rings is 1. The second-order valence-corrected chi connectivity index (χ2v) is 6.80. The van der Waals surface area contributed by atoms with Crippen LogP contribution in [0.5, 0.6) is 0 Å². The van der Waals surface area contributed by atoms with Crippen molar-refractivity contribution in [1.82, 2.24) is 10.2 Å². The van der Waals surface area contributed by atoms with Crippen LogP contribution in [0.2, 0.25) is 0 Å². The van der Waals surface area contributed by atoms with E-state index >= 15 is 0 Å². The molecule has 0 bridgehead atoms. The Morgan fingerprint density at radius 2 is 2.05 bits per heavy atom. The maximum Gasteiger partial charge on any atom is 0.0486 e. The summed E-state index contributed by atoms with van der Waals surface area (Å²) >= 11 is 2.09. The van der Waals surface area contributed by atoms with Crippen LogP contribution in [0.15, 0.2) is 24.3 Å². The third-order valence-electron chi connectivity index (χ3n) is 4.13. The molecule has 20 heavy (non-hydrogen) atoms. The smallest absolute Gasteiger partial charge is 0.0486 e. The molecular weight excluding hydrogens is 264 g/mol. The fourth-order valence-electron chi connectivity index (χ4n) is 2.93. The maximum atomic E-state index is 3.70. The molecule has 0 amide bonds. The number of thioether (sulfide) groups is 1. The second kappa shape index (κ2) is 8.06. The summed E-state index contributed by atoms with van der Waals surface area (Å²) < 4.78 is 0. The van der Waals surface area contributed by atoms with Crippen LogP contribution < -0.4 is 5.32 Å². The SMILES string of the molecule is CCCc1ccc(C(NCC)C2CSCCN2C)cc1. The highest BCUT2D eigenvalue weighted by molar-refractivity contribution is 7.99. The summed E-state index contributed by atoms with van der Waals surface area (Å²) in [6, 6.07) is 10.3. The van der Waals surface area contributed by atoms with E-state index in [2.05, 4.69) is 67.1 Å². The largest absolute Gasteiger partial charge is 0.309 e. The van der Waals surface area contributed by atoms with E-state index in [4.69, 9.17) is 0 Å². The standard InChI is InChI=1S/C17H28N2S/c1-4-6-14-7-9-15(10-8-14)17(18-5-2)16-13-20-12-11-19(16)3/h7-10,16-18H,4-6,11-13H2,1-3H3. The molecule has 1 fully saturated rings. The van der Waals surface area contributed by atoms with Gasteiger partial charge in [-0.05, 0) is 31.1 Å². The first-order valence-electron chi connectivity index (χ1n) is 7.86. The van der Waals surface area contributed by atoms with E-state index in [0.717, 1.165) is 6.54 Å². The predicted octanol–water partition coefficient (Wildman–Crippen LogP) is 3.34. The van der Waals surface area contributed by atoms with Gasteiger partial charge < -0.3 is 5.32 Å². The Balaban J connectivity index is 2.14. The van der Waals surface area contributed by atoms with E-state index in [1.54, 1.807) is 0 Å². The van der Waals surface area contributed by atoms with Gasteiger partial charge in [-0.15, -0.1) is 0 Å². The zero-order valence-electron chi connectivity index (χ0n) is 13.1. The van der Waals surface area contributed by atoms with Crippen molar-refractivity contribution in [2.45, 2.75) is 38.8 Å². The molecule has 1 aromatic carbocycles. The molecule has 0 radical (unpaired) electrons. The third kappa shape index (κ3) is 4.00.